The molecule has 0 saturated carbocycles. The summed E-state index contributed by atoms with van der Waals surface area (Å²) in [5.74, 6) is 0.944. The molecule has 1 aliphatic heterocycles. The van der Waals surface area contributed by atoms with Crippen LogP contribution in [0.2, 0.25) is 0 Å². The number of morpholine rings is 1. The van der Waals surface area contributed by atoms with E-state index in [4.69, 9.17) is 10.00 Å². The molecule has 0 bridgehead atoms. The van der Waals surface area contributed by atoms with Crippen LogP contribution in [0, 0.1) is 11.3 Å². The highest BCUT2D eigenvalue weighted by atomic mass is 16.5. The Morgan fingerprint density at radius 1 is 1.29 bits per heavy atom. The number of hydrogen-bond donors (Lipinski definition) is 0. The fraction of sp³-hybridized carbons (Fsp3) is 0.438. The van der Waals surface area contributed by atoms with E-state index in [0.717, 1.165) is 55.7 Å². The van der Waals surface area contributed by atoms with Crippen LogP contribution >= 0.6 is 0 Å². The van der Waals surface area contributed by atoms with Crippen molar-refractivity contribution in [3.8, 4) is 6.07 Å². The molecule has 1 aromatic carbocycles. The Kier molecular flexibility index (Phi) is 4.27. The third kappa shape index (κ3) is 3.11. The van der Waals surface area contributed by atoms with E-state index >= 15 is 0 Å². The van der Waals surface area contributed by atoms with Gasteiger partial charge in [-0.15, -0.1) is 5.10 Å². The fourth-order valence-corrected chi connectivity index (χ4v) is 2.66. The Morgan fingerprint density at radius 2 is 2.14 bits per heavy atom. The molecule has 2 aromatic rings. The van der Waals surface area contributed by atoms with Crippen molar-refractivity contribution in [3.63, 3.8) is 0 Å². The van der Waals surface area contributed by atoms with E-state index in [1.807, 2.05) is 6.20 Å². The van der Waals surface area contributed by atoms with Gasteiger partial charge in [0.15, 0.2) is 5.82 Å². The predicted molar refractivity (Wildman–Crippen MR) is 81.1 cm³/mol. The molecule has 0 N–H and O–H groups in total. The molecule has 0 radical (unpaired) electrons. The number of nitrogens with zero attached hydrogens (tertiary/aromatic N) is 4. The van der Waals surface area contributed by atoms with Crippen LogP contribution in [0.25, 0.3) is 10.8 Å². The molecule has 5 nitrogen and oxygen atoms in total. The van der Waals surface area contributed by atoms with Crippen LogP contribution in [0.1, 0.15) is 18.4 Å². The molecule has 3 rings (SSSR count). The maximum atomic E-state index is 8.61. The monoisotopic (exact) mass is 282 g/mol. The third-order valence-electron chi connectivity index (χ3n) is 3.77. The second-order valence-electron chi connectivity index (χ2n) is 5.20. The third-order valence-corrected chi connectivity index (χ3v) is 3.77. The maximum Gasteiger partial charge on any atom is 0.159 e. The van der Waals surface area contributed by atoms with Gasteiger partial charge in [-0.3, -0.25) is 0 Å². The van der Waals surface area contributed by atoms with Gasteiger partial charge >= 0.3 is 0 Å². The van der Waals surface area contributed by atoms with E-state index in [0.29, 0.717) is 6.42 Å². The summed E-state index contributed by atoms with van der Waals surface area (Å²) in [6.07, 6.45) is 4.24. The minimum absolute atomic E-state index is 0.603. The summed E-state index contributed by atoms with van der Waals surface area (Å²) >= 11 is 0. The van der Waals surface area contributed by atoms with Crippen LogP contribution in [0.4, 0.5) is 5.82 Å². The minimum atomic E-state index is 0.603. The molecule has 1 aromatic heterocycles. The number of nitriles is 1. The van der Waals surface area contributed by atoms with E-state index in [-0.39, 0.29) is 0 Å². The molecule has 108 valence electrons. The predicted octanol–water partition coefficient (Wildman–Crippen LogP) is 2.31. The number of hydrogen-bond acceptors (Lipinski definition) is 5. The van der Waals surface area contributed by atoms with E-state index < -0.39 is 0 Å². The van der Waals surface area contributed by atoms with Crippen LogP contribution in [-0.4, -0.2) is 36.5 Å². The van der Waals surface area contributed by atoms with Crippen molar-refractivity contribution >= 4 is 16.6 Å². The first-order valence-corrected chi connectivity index (χ1v) is 7.32. The van der Waals surface area contributed by atoms with Crippen molar-refractivity contribution in [2.45, 2.75) is 19.3 Å². The number of benzene rings is 1. The van der Waals surface area contributed by atoms with E-state index in [1.54, 1.807) is 0 Å². The summed E-state index contributed by atoms with van der Waals surface area (Å²) in [4.78, 5) is 2.23. The van der Waals surface area contributed by atoms with E-state index in [1.165, 1.54) is 5.56 Å². The van der Waals surface area contributed by atoms with E-state index in [2.05, 4.69) is 39.4 Å². The molecule has 21 heavy (non-hydrogen) atoms. The highest BCUT2D eigenvalue weighted by molar-refractivity contribution is 5.91. The Morgan fingerprint density at radius 3 is 2.95 bits per heavy atom. The molecular weight excluding hydrogens is 264 g/mol. The van der Waals surface area contributed by atoms with Crippen molar-refractivity contribution in [1.29, 1.82) is 5.26 Å². The first-order chi connectivity index (χ1) is 10.4. The summed E-state index contributed by atoms with van der Waals surface area (Å²) in [5.41, 5.74) is 1.25. The fourth-order valence-electron chi connectivity index (χ4n) is 2.66. The average molecular weight is 282 g/mol. The number of aromatic nitrogens is 2. The van der Waals surface area contributed by atoms with Gasteiger partial charge in [0.1, 0.15) is 0 Å². The van der Waals surface area contributed by atoms with Gasteiger partial charge < -0.3 is 9.64 Å². The van der Waals surface area contributed by atoms with Crippen LogP contribution in [-0.2, 0) is 11.2 Å². The zero-order valence-corrected chi connectivity index (χ0v) is 12.0. The van der Waals surface area contributed by atoms with Crippen LogP contribution in [0.15, 0.2) is 24.4 Å². The largest absolute Gasteiger partial charge is 0.378 e. The number of anilines is 1. The molecule has 1 saturated heterocycles. The highest BCUT2D eigenvalue weighted by Crippen LogP contribution is 2.25. The summed E-state index contributed by atoms with van der Waals surface area (Å²) in [6.45, 7) is 3.20. The second kappa shape index (κ2) is 6.51. The van der Waals surface area contributed by atoms with Crippen molar-refractivity contribution in [2.24, 2.45) is 0 Å². The standard InChI is InChI=1S/C16H18N4O/c17-6-2-1-3-13-4-5-15-14(11-13)12-18-19-16(15)20-7-9-21-10-8-20/h4-5,11-12H,1-3,7-10H2. The first-order valence-electron chi connectivity index (χ1n) is 7.32. The van der Waals surface area contributed by atoms with Gasteiger partial charge in [-0.1, -0.05) is 12.1 Å². The summed E-state index contributed by atoms with van der Waals surface area (Å²) < 4.78 is 5.39. The summed E-state index contributed by atoms with van der Waals surface area (Å²) in [7, 11) is 0. The van der Waals surface area contributed by atoms with Crippen molar-refractivity contribution in [2.75, 3.05) is 31.2 Å². The molecule has 0 spiro atoms. The topological polar surface area (TPSA) is 62.0 Å². The lowest BCUT2D eigenvalue weighted by Crippen LogP contribution is -2.37. The van der Waals surface area contributed by atoms with Gasteiger partial charge in [0.2, 0.25) is 0 Å². The zero-order valence-electron chi connectivity index (χ0n) is 12.0. The Labute approximate surface area is 124 Å². The normalized spacial score (nSPS) is 15.1. The van der Waals surface area contributed by atoms with Crippen molar-refractivity contribution in [1.82, 2.24) is 10.2 Å². The van der Waals surface area contributed by atoms with Crippen molar-refractivity contribution < 1.29 is 4.74 Å². The molecule has 0 amide bonds. The van der Waals surface area contributed by atoms with Crippen LogP contribution < -0.4 is 4.90 Å². The summed E-state index contributed by atoms with van der Waals surface area (Å²) in [6, 6.07) is 8.60. The number of unbranched alkanes of at least 4 members (excludes halogenated alkanes) is 1. The van der Waals surface area contributed by atoms with Gasteiger partial charge in [-0.2, -0.15) is 10.4 Å². The zero-order chi connectivity index (χ0) is 14.5. The maximum absolute atomic E-state index is 8.61. The summed E-state index contributed by atoms with van der Waals surface area (Å²) in [5, 5.41) is 19.3. The smallest absolute Gasteiger partial charge is 0.159 e. The lowest BCUT2D eigenvalue weighted by Gasteiger charge is -2.28. The van der Waals surface area contributed by atoms with Gasteiger partial charge in [-0.05, 0) is 24.5 Å². The lowest BCUT2D eigenvalue weighted by molar-refractivity contribution is 0.122. The van der Waals surface area contributed by atoms with Crippen LogP contribution in [0.5, 0.6) is 0 Å². The van der Waals surface area contributed by atoms with Gasteiger partial charge in [0.05, 0.1) is 25.5 Å². The molecule has 5 heteroatoms. The van der Waals surface area contributed by atoms with Gasteiger partial charge in [-0.25, -0.2) is 0 Å². The molecule has 0 unspecified atom stereocenters. The minimum Gasteiger partial charge on any atom is -0.378 e. The number of fused-ring (bicyclic) bond motifs is 1. The Bertz CT molecular complexity index is 659. The quantitative estimate of drug-likeness (QED) is 0.805. The Hall–Kier alpha value is -2.19. The van der Waals surface area contributed by atoms with Crippen LogP contribution in [0.3, 0.4) is 0 Å². The molecule has 0 atom stereocenters. The number of aryl methyl sites for hydroxylation is 1. The molecular formula is C16H18N4O. The average Bonchev–Trinajstić information content (AvgIpc) is 2.55. The number of ether oxygens (including phenoxy) is 1. The molecule has 1 aliphatic rings. The second-order valence-corrected chi connectivity index (χ2v) is 5.20. The SMILES string of the molecule is N#CCCCc1ccc2c(N3CCOCC3)nncc2c1. The van der Waals surface area contributed by atoms with E-state index in [9.17, 15) is 0 Å². The highest BCUT2D eigenvalue weighted by Gasteiger charge is 2.15. The van der Waals surface area contributed by atoms with Gasteiger partial charge in [0.25, 0.3) is 0 Å². The van der Waals surface area contributed by atoms with Crippen molar-refractivity contribution in [3.05, 3.63) is 30.0 Å². The molecule has 0 aliphatic carbocycles. The Balaban J connectivity index is 1.87. The molecule has 1 fully saturated rings. The first kappa shape index (κ1) is 13.8. The number of rotatable bonds is 4. The lowest BCUT2D eigenvalue weighted by atomic mass is 10.0. The van der Waals surface area contributed by atoms with Gasteiger partial charge in [0, 0.05) is 30.3 Å². The molecule has 2 heterocycles.